The number of nitrogen functional groups attached to an aromatic ring is 1. The molecule has 0 aliphatic rings. The fourth-order valence-corrected chi connectivity index (χ4v) is 2.90. The molecule has 2 aromatic heterocycles. The summed E-state index contributed by atoms with van der Waals surface area (Å²) in [5.41, 5.74) is 15.8. The predicted molar refractivity (Wildman–Crippen MR) is 88.9 cm³/mol. The van der Waals surface area contributed by atoms with E-state index >= 15 is 0 Å². The number of hydrogen-bond donors (Lipinski definition) is 2. The van der Waals surface area contributed by atoms with Gasteiger partial charge in [0.05, 0.1) is 17.3 Å². The van der Waals surface area contributed by atoms with Gasteiger partial charge in [-0.1, -0.05) is 18.2 Å². The number of pyridine rings is 2. The summed E-state index contributed by atoms with van der Waals surface area (Å²) in [6.45, 7) is 1.96. The molecule has 0 amide bonds. The first-order valence-electron chi connectivity index (χ1n) is 6.59. The molecule has 3 rings (SSSR count). The highest BCUT2D eigenvalue weighted by Crippen LogP contribution is 2.30. The standard InChI is InChI=1S/C16H15BrN4/c1-9-6-11(16(19)20-8-9)14(18)15-12(17)7-10-4-2-3-5-13(10)21-15/h2-8,14H,18H2,1H3,(H2,19,20). The van der Waals surface area contributed by atoms with Gasteiger partial charge in [-0.15, -0.1) is 0 Å². The molecule has 0 saturated carbocycles. The van der Waals surface area contributed by atoms with Gasteiger partial charge in [0, 0.05) is 21.6 Å². The van der Waals surface area contributed by atoms with Gasteiger partial charge in [0.25, 0.3) is 0 Å². The number of aromatic nitrogens is 2. The van der Waals surface area contributed by atoms with Crippen LogP contribution < -0.4 is 11.5 Å². The third kappa shape index (κ3) is 2.62. The van der Waals surface area contributed by atoms with Crippen molar-refractivity contribution in [3.05, 3.63) is 63.9 Å². The highest BCUT2D eigenvalue weighted by Gasteiger charge is 2.18. The number of nitrogens with zero attached hydrogens (tertiary/aromatic N) is 2. The van der Waals surface area contributed by atoms with Crippen molar-refractivity contribution in [2.45, 2.75) is 13.0 Å². The fraction of sp³-hybridized carbons (Fsp3) is 0.125. The first-order valence-corrected chi connectivity index (χ1v) is 7.38. The van der Waals surface area contributed by atoms with Crippen molar-refractivity contribution >= 4 is 32.7 Å². The summed E-state index contributed by atoms with van der Waals surface area (Å²) in [6.07, 6.45) is 1.73. The maximum absolute atomic E-state index is 6.37. The van der Waals surface area contributed by atoms with E-state index in [1.807, 2.05) is 43.3 Å². The summed E-state index contributed by atoms with van der Waals surface area (Å²) in [4.78, 5) is 8.84. The van der Waals surface area contributed by atoms with Crippen LogP contribution in [0.5, 0.6) is 0 Å². The Morgan fingerprint density at radius 2 is 1.95 bits per heavy atom. The van der Waals surface area contributed by atoms with Gasteiger partial charge in [-0.25, -0.2) is 9.97 Å². The molecule has 3 aromatic rings. The summed E-state index contributed by atoms with van der Waals surface area (Å²) in [7, 11) is 0. The molecule has 1 aromatic carbocycles. The van der Waals surface area contributed by atoms with E-state index in [1.54, 1.807) is 6.20 Å². The molecule has 0 aliphatic carbocycles. The van der Waals surface area contributed by atoms with Crippen molar-refractivity contribution in [2.75, 3.05) is 5.73 Å². The predicted octanol–water partition coefficient (Wildman–Crippen LogP) is 3.33. The molecule has 1 atom stereocenters. The molecule has 4 nitrogen and oxygen atoms in total. The Bertz CT molecular complexity index is 816. The topological polar surface area (TPSA) is 77.8 Å². The minimum atomic E-state index is -0.420. The van der Waals surface area contributed by atoms with Crippen LogP contribution in [0.1, 0.15) is 22.9 Å². The maximum Gasteiger partial charge on any atom is 0.128 e. The summed E-state index contributed by atoms with van der Waals surface area (Å²) in [5.74, 6) is 0.440. The van der Waals surface area contributed by atoms with Gasteiger partial charge in [0.15, 0.2) is 0 Å². The molecule has 21 heavy (non-hydrogen) atoms. The lowest BCUT2D eigenvalue weighted by Gasteiger charge is -2.16. The number of halogens is 1. The monoisotopic (exact) mass is 342 g/mol. The largest absolute Gasteiger partial charge is 0.383 e. The first kappa shape index (κ1) is 14.0. The van der Waals surface area contributed by atoms with Crippen LogP contribution in [0, 0.1) is 6.92 Å². The number of anilines is 1. The molecular formula is C16H15BrN4. The Morgan fingerprint density at radius 1 is 1.19 bits per heavy atom. The van der Waals surface area contributed by atoms with E-state index in [0.29, 0.717) is 5.82 Å². The second kappa shape index (κ2) is 5.42. The van der Waals surface area contributed by atoms with Crippen LogP contribution in [0.4, 0.5) is 5.82 Å². The lowest BCUT2D eigenvalue weighted by atomic mass is 10.0. The third-order valence-corrected chi connectivity index (χ3v) is 4.06. The molecule has 106 valence electrons. The van der Waals surface area contributed by atoms with E-state index in [0.717, 1.165) is 32.2 Å². The molecule has 2 heterocycles. The van der Waals surface area contributed by atoms with Gasteiger partial charge in [-0.05, 0) is 46.6 Å². The Balaban J connectivity index is 2.14. The van der Waals surface area contributed by atoms with Crippen LogP contribution in [0.15, 0.2) is 47.1 Å². The van der Waals surface area contributed by atoms with Crippen LogP contribution in [0.3, 0.4) is 0 Å². The number of aryl methyl sites for hydroxylation is 1. The van der Waals surface area contributed by atoms with Crippen molar-refractivity contribution < 1.29 is 0 Å². The molecule has 0 bridgehead atoms. The quantitative estimate of drug-likeness (QED) is 0.748. The highest BCUT2D eigenvalue weighted by atomic mass is 79.9. The van der Waals surface area contributed by atoms with Gasteiger partial charge >= 0.3 is 0 Å². The average Bonchev–Trinajstić information content (AvgIpc) is 2.48. The molecule has 5 heteroatoms. The van der Waals surface area contributed by atoms with Crippen LogP contribution in [-0.2, 0) is 0 Å². The zero-order valence-electron chi connectivity index (χ0n) is 11.5. The highest BCUT2D eigenvalue weighted by molar-refractivity contribution is 9.10. The lowest BCUT2D eigenvalue weighted by molar-refractivity contribution is 0.825. The van der Waals surface area contributed by atoms with Gasteiger partial charge in [0.1, 0.15) is 5.82 Å². The number of nitrogens with two attached hydrogens (primary N) is 2. The van der Waals surface area contributed by atoms with Crippen LogP contribution in [0.2, 0.25) is 0 Å². The zero-order chi connectivity index (χ0) is 15.0. The summed E-state index contributed by atoms with van der Waals surface area (Å²) in [6, 6.07) is 11.5. The van der Waals surface area contributed by atoms with E-state index in [4.69, 9.17) is 11.5 Å². The Kier molecular flexibility index (Phi) is 3.61. The molecular weight excluding hydrogens is 328 g/mol. The average molecular weight is 343 g/mol. The van der Waals surface area contributed by atoms with Gasteiger partial charge in [0.2, 0.25) is 0 Å². The first-order chi connectivity index (χ1) is 10.1. The number of para-hydroxylation sites is 1. The Hall–Kier alpha value is -1.98. The SMILES string of the molecule is Cc1cnc(N)c(C(N)c2nc3ccccc3cc2Br)c1. The molecule has 0 spiro atoms. The van der Waals surface area contributed by atoms with Crippen molar-refractivity contribution in [3.63, 3.8) is 0 Å². The Labute approximate surface area is 131 Å². The molecule has 1 unspecified atom stereocenters. The molecule has 0 saturated heterocycles. The zero-order valence-corrected chi connectivity index (χ0v) is 13.1. The lowest BCUT2D eigenvalue weighted by Crippen LogP contribution is -2.17. The molecule has 4 N–H and O–H groups in total. The van der Waals surface area contributed by atoms with E-state index in [-0.39, 0.29) is 0 Å². The van der Waals surface area contributed by atoms with E-state index in [1.165, 1.54) is 0 Å². The van der Waals surface area contributed by atoms with Gasteiger partial charge in [-0.2, -0.15) is 0 Å². The maximum atomic E-state index is 6.37. The van der Waals surface area contributed by atoms with E-state index in [2.05, 4.69) is 25.9 Å². The number of benzene rings is 1. The van der Waals surface area contributed by atoms with Crippen LogP contribution in [0.25, 0.3) is 10.9 Å². The minimum Gasteiger partial charge on any atom is -0.383 e. The third-order valence-electron chi connectivity index (χ3n) is 3.42. The van der Waals surface area contributed by atoms with Crippen LogP contribution >= 0.6 is 15.9 Å². The van der Waals surface area contributed by atoms with Crippen molar-refractivity contribution in [2.24, 2.45) is 5.73 Å². The number of hydrogen-bond acceptors (Lipinski definition) is 4. The molecule has 0 radical (unpaired) electrons. The van der Waals surface area contributed by atoms with Gasteiger partial charge < -0.3 is 11.5 Å². The second-order valence-corrected chi connectivity index (χ2v) is 5.87. The van der Waals surface area contributed by atoms with Crippen molar-refractivity contribution in [1.29, 1.82) is 0 Å². The molecule has 0 fully saturated rings. The second-order valence-electron chi connectivity index (χ2n) is 5.01. The smallest absolute Gasteiger partial charge is 0.128 e. The summed E-state index contributed by atoms with van der Waals surface area (Å²) in [5, 5.41) is 1.07. The molecule has 0 aliphatic heterocycles. The number of rotatable bonds is 2. The Morgan fingerprint density at radius 3 is 2.76 bits per heavy atom. The summed E-state index contributed by atoms with van der Waals surface area (Å²) >= 11 is 3.55. The van der Waals surface area contributed by atoms with Crippen LogP contribution in [-0.4, -0.2) is 9.97 Å². The summed E-state index contributed by atoms with van der Waals surface area (Å²) < 4.78 is 0.870. The fourth-order valence-electron chi connectivity index (χ4n) is 2.32. The van der Waals surface area contributed by atoms with E-state index < -0.39 is 6.04 Å². The van der Waals surface area contributed by atoms with Crippen molar-refractivity contribution in [3.8, 4) is 0 Å². The number of fused-ring (bicyclic) bond motifs is 1. The normalized spacial score (nSPS) is 12.5. The van der Waals surface area contributed by atoms with E-state index in [9.17, 15) is 0 Å². The van der Waals surface area contributed by atoms with Crippen molar-refractivity contribution in [1.82, 2.24) is 9.97 Å². The minimum absolute atomic E-state index is 0.420. The van der Waals surface area contributed by atoms with Gasteiger partial charge in [-0.3, -0.25) is 0 Å².